The number of benzene rings is 1. The largest absolute Gasteiger partial charge is 0.373 e. The predicted octanol–water partition coefficient (Wildman–Crippen LogP) is 2.74. The summed E-state index contributed by atoms with van der Waals surface area (Å²) in [5.74, 6) is 0.685. The minimum atomic E-state index is -0.611. The van der Waals surface area contributed by atoms with E-state index in [0.29, 0.717) is 19.0 Å². The molecule has 2 atom stereocenters. The molecule has 6 nitrogen and oxygen atoms in total. The third-order valence-electron chi connectivity index (χ3n) is 4.02. The average molecular weight is 329 g/mol. The number of hydrogen-bond donors (Lipinski definition) is 1. The molecule has 2 aromatic rings. The van der Waals surface area contributed by atoms with Crippen LogP contribution in [0.2, 0.25) is 0 Å². The van der Waals surface area contributed by atoms with E-state index in [2.05, 4.69) is 24.3 Å². The van der Waals surface area contributed by atoms with Gasteiger partial charge in [0.2, 0.25) is 0 Å². The number of hydrogen-bond acceptors (Lipinski definition) is 4. The lowest BCUT2D eigenvalue weighted by Gasteiger charge is -2.28. The number of nitrogens with one attached hydrogen (secondary N) is 1. The summed E-state index contributed by atoms with van der Waals surface area (Å²) in [7, 11) is 0. The fourth-order valence-electron chi connectivity index (χ4n) is 2.65. The van der Waals surface area contributed by atoms with Crippen molar-refractivity contribution in [3.63, 3.8) is 0 Å². The van der Waals surface area contributed by atoms with E-state index in [9.17, 15) is 4.79 Å². The molecule has 1 aromatic carbocycles. The lowest BCUT2D eigenvalue weighted by molar-refractivity contribution is -0.157. The van der Waals surface area contributed by atoms with Gasteiger partial charge >= 0.3 is 0 Å². The van der Waals surface area contributed by atoms with Crippen LogP contribution >= 0.6 is 0 Å². The summed E-state index contributed by atoms with van der Waals surface area (Å²) >= 11 is 0. The molecular weight excluding hydrogens is 306 g/mol. The zero-order valence-electron chi connectivity index (χ0n) is 14.2. The maximum Gasteiger partial charge on any atom is 0.257 e. The Morgan fingerprint density at radius 1 is 1.25 bits per heavy atom. The highest BCUT2D eigenvalue weighted by molar-refractivity contribution is 5.94. The summed E-state index contributed by atoms with van der Waals surface area (Å²) in [5.41, 5.74) is 1.82. The summed E-state index contributed by atoms with van der Waals surface area (Å²) in [6, 6.07) is 11.6. The van der Waals surface area contributed by atoms with Gasteiger partial charge in [-0.15, -0.1) is 0 Å². The maximum absolute atomic E-state index is 12.6. The molecule has 1 aliphatic heterocycles. The number of amides is 1. The van der Waals surface area contributed by atoms with E-state index in [1.165, 1.54) is 0 Å². The van der Waals surface area contributed by atoms with Crippen LogP contribution in [0.5, 0.6) is 0 Å². The molecule has 0 saturated carbocycles. The van der Waals surface area contributed by atoms with Crippen LogP contribution in [-0.4, -0.2) is 41.1 Å². The van der Waals surface area contributed by atoms with E-state index in [0.717, 1.165) is 11.4 Å². The van der Waals surface area contributed by atoms with Gasteiger partial charge in [-0.25, -0.2) is 4.68 Å². The first-order chi connectivity index (χ1) is 11.6. The predicted molar refractivity (Wildman–Crippen MR) is 91.4 cm³/mol. The quantitative estimate of drug-likeness (QED) is 0.937. The van der Waals surface area contributed by atoms with Crippen molar-refractivity contribution in [1.82, 2.24) is 9.78 Å². The Morgan fingerprint density at radius 3 is 2.62 bits per heavy atom. The number of para-hydroxylation sites is 1. The molecule has 1 aliphatic rings. The van der Waals surface area contributed by atoms with Gasteiger partial charge in [0, 0.05) is 6.07 Å². The molecule has 1 saturated heterocycles. The first-order valence-electron chi connectivity index (χ1n) is 8.25. The Labute approximate surface area is 141 Å². The van der Waals surface area contributed by atoms with Gasteiger partial charge in [0.1, 0.15) is 5.82 Å². The number of rotatable bonds is 4. The van der Waals surface area contributed by atoms with Crippen molar-refractivity contribution < 1.29 is 14.3 Å². The van der Waals surface area contributed by atoms with Gasteiger partial charge in [0.25, 0.3) is 5.91 Å². The van der Waals surface area contributed by atoms with Crippen molar-refractivity contribution in [3.05, 3.63) is 42.1 Å². The lowest BCUT2D eigenvalue weighted by atomic mass is 10.1. The summed E-state index contributed by atoms with van der Waals surface area (Å²) in [6.45, 7) is 6.94. The summed E-state index contributed by atoms with van der Waals surface area (Å²) in [5, 5.41) is 7.57. The molecule has 128 valence electrons. The number of nitrogens with zero attached hydrogens (tertiary/aromatic N) is 2. The van der Waals surface area contributed by atoms with E-state index >= 15 is 0 Å². The Kier molecular flexibility index (Phi) is 4.97. The summed E-state index contributed by atoms with van der Waals surface area (Å²) in [4.78, 5) is 12.6. The molecule has 0 aliphatic carbocycles. The Hall–Kier alpha value is -2.18. The van der Waals surface area contributed by atoms with Gasteiger partial charge in [-0.05, 0) is 25.0 Å². The third kappa shape index (κ3) is 3.49. The summed E-state index contributed by atoms with van der Waals surface area (Å²) in [6.07, 6.45) is -0.878. The standard InChI is InChI=1S/C18H23N3O3/c1-12(2)15-11-16(21(20-15)14-7-5-4-6-8-14)19-18(22)17-13(3)23-9-10-24-17/h4-8,11-13,17H,9-10H2,1-3H3,(H,19,22)/t13-,17-/m1/s1. The molecule has 3 rings (SSSR count). The van der Waals surface area contributed by atoms with E-state index in [1.54, 1.807) is 4.68 Å². The Balaban J connectivity index is 1.87. The van der Waals surface area contributed by atoms with Crippen LogP contribution < -0.4 is 5.32 Å². The van der Waals surface area contributed by atoms with Crippen molar-refractivity contribution in [1.29, 1.82) is 0 Å². The number of anilines is 1. The molecule has 0 bridgehead atoms. The van der Waals surface area contributed by atoms with Crippen LogP contribution in [0.15, 0.2) is 36.4 Å². The minimum Gasteiger partial charge on any atom is -0.373 e. The molecule has 0 radical (unpaired) electrons. The van der Waals surface area contributed by atoms with Gasteiger partial charge in [-0.1, -0.05) is 32.0 Å². The Morgan fingerprint density at radius 2 is 1.96 bits per heavy atom. The van der Waals surface area contributed by atoms with Crippen LogP contribution in [0.4, 0.5) is 5.82 Å². The second-order valence-corrected chi connectivity index (χ2v) is 6.21. The fraction of sp³-hybridized carbons (Fsp3) is 0.444. The minimum absolute atomic E-state index is 0.213. The highest BCUT2D eigenvalue weighted by Crippen LogP contribution is 2.23. The fourth-order valence-corrected chi connectivity index (χ4v) is 2.65. The van der Waals surface area contributed by atoms with Crippen LogP contribution in [0.25, 0.3) is 5.69 Å². The molecule has 6 heteroatoms. The van der Waals surface area contributed by atoms with Crippen LogP contribution in [0.1, 0.15) is 32.4 Å². The highest BCUT2D eigenvalue weighted by Gasteiger charge is 2.30. The van der Waals surface area contributed by atoms with Gasteiger partial charge in [-0.3, -0.25) is 4.79 Å². The van der Waals surface area contributed by atoms with Gasteiger partial charge in [0.05, 0.1) is 30.7 Å². The van der Waals surface area contributed by atoms with Crippen LogP contribution in [-0.2, 0) is 14.3 Å². The number of ether oxygens (including phenoxy) is 2. The smallest absolute Gasteiger partial charge is 0.257 e. The van der Waals surface area contributed by atoms with Crippen molar-refractivity contribution in [2.24, 2.45) is 0 Å². The van der Waals surface area contributed by atoms with Crippen molar-refractivity contribution in [2.75, 3.05) is 18.5 Å². The zero-order chi connectivity index (χ0) is 17.1. The molecule has 1 fully saturated rings. The van der Waals surface area contributed by atoms with Gasteiger partial charge in [-0.2, -0.15) is 5.10 Å². The van der Waals surface area contributed by atoms with E-state index in [-0.39, 0.29) is 17.9 Å². The molecule has 0 unspecified atom stereocenters. The van der Waals surface area contributed by atoms with Gasteiger partial charge < -0.3 is 14.8 Å². The van der Waals surface area contributed by atoms with Crippen molar-refractivity contribution in [2.45, 2.75) is 38.9 Å². The topological polar surface area (TPSA) is 65.4 Å². The molecule has 1 N–H and O–H groups in total. The molecule has 24 heavy (non-hydrogen) atoms. The molecule has 1 aromatic heterocycles. The SMILES string of the molecule is CC(C)c1cc(NC(=O)[C@@H]2OCCO[C@@H]2C)n(-c2ccccc2)n1. The summed E-state index contributed by atoms with van der Waals surface area (Å²) < 4.78 is 12.8. The zero-order valence-corrected chi connectivity index (χ0v) is 14.2. The van der Waals surface area contributed by atoms with Crippen LogP contribution in [0, 0.1) is 0 Å². The van der Waals surface area contributed by atoms with Gasteiger partial charge in [0.15, 0.2) is 6.10 Å². The van der Waals surface area contributed by atoms with E-state index in [1.807, 2.05) is 43.3 Å². The molecule has 0 spiro atoms. The average Bonchev–Trinajstić information content (AvgIpc) is 3.00. The second kappa shape index (κ2) is 7.15. The molecular formula is C18H23N3O3. The third-order valence-corrected chi connectivity index (χ3v) is 4.02. The molecule has 1 amide bonds. The van der Waals surface area contributed by atoms with E-state index in [4.69, 9.17) is 9.47 Å². The molecule has 2 heterocycles. The van der Waals surface area contributed by atoms with Crippen molar-refractivity contribution in [3.8, 4) is 5.69 Å². The lowest BCUT2D eigenvalue weighted by Crippen LogP contribution is -2.45. The number of carbonyl (C=O) groups is 1. The monoisotopic (exact) mass is 329 g/mol. The normalized spacial score (nSPS) is 21.0. The van der Waals surface area contributed by atoms with Crippen molar-refractivity contribution >= 4 is 11.7 Å². The number of carbonyl (C=O) groups excluding carboxylic acids is 1. The number of aromatic nitrogens is 2. The first kappa shape index (κ1) is 16.7. The first-order valence-corrected chi connectivity index (χ1v) is 8.25. The maximum atomic E-state index is 12.6. The Bertz CT molecular complexity index is 697. The van der Waals surface area contributed by atoms with Crippen LogP contribution in [0.3, 0.4) is 0 Å². The highest BCUT2D eigenvalue weighted by atomic mass is 16.6. The second-order valence-electron chi connectivity index (χ2n) is 6.21. The van der Waals surface area contributed by atoms with E-state index < -0.39 is 6.10 Å².